The Hall–Kier alpha value is -4.00. The number of alkyl halides is 6. The largest absolute Gasteiger partial charge is 0.573 e. The summed E-state index contributed by atoms with van der Waals surface area (Å²) in [5, 5.41) is 1.65. The van der Waals surface area contributed by atoms with E-state index in [2.05, 4.69) is 9.72 Å². The second-order valence-corrected chi connectivity index (χ2v) is 8.60. The first kappa shape index (κ1) is 27.0. The number of nitrogens with zero attached hydrogens (tertiary/aromatic N) is 2. The van der Waals surface area contributed by atoms with Gasteiger partial charge in [0.05, 0.1) is 31.4 Å². The third-order valence-corrected chi connectivity index (χ3v) is 5.91. The van der Waals surface area contributed by atoms with Crippen molar-refractivity contribution in [3.63, 3.8) is 0 Å². The molecule has 2 aromatic heterocycles. The number of halogens is 6. The van der Waals surface area contributed by atoms with Crippen molar-refractivity contribution in [2.45, 2.75) is 19.0 Å². The maximum Gasteiger partial charge on any atom is 0.573 e. The van der Waals surface area contributed by atoms with Crippen LogP contribution < -0.4 is 19.8 Å². The van der Waals surface area contributed by atoms with E-state index in [1.54, 1.807) is 17.5 Å². The fourth-order valence-electron chi connectivity index (χ4n) is 3.53. The molecule has 0 N–H and O–H groups in total. The molecule has 0 radical (unpaired) electrons. The van der Waals surface area contributed by atoms with Crippen molar-refractivity contribution >= 4 is 28.4 Å². The van der Waals surface area contributed by atoms with Crippen LogP contribution in [0.5, 0.6) is 17.2 Å². The summed E-state index contributed by atoms with van der Waals surface area (Å²) >= 11 is 1.19. The van der Waals surface area contributed by atoms with Gasteiger partial charge in [-0.1, -0.05) is 24.3 Å². The second kappa shape index (κ2) is 10.8. The van der Waals surface area contributed by atoms with Crippen molar-refractivity contribution in [2.75, 3.05) is 13.7 Å². The van der Waals surface area contributed by atoms with Crippen LogP contribution in [0.3, 0.4) is 0 Å². The number of aromatic nitrogens is 2. The SMILES string of the molecule is COc1cccc(C=Cc2nc3sccn3c(=O)c2-c2ccc(OC(F)(F)F)cc2)c1OCCC(F)(F)F. The summed E-state index contributed by atoms with van der Waals surface area (Å²) in [5.41, 5.74) is 0.459. The number of rotatable bonds is 8. The average Bonchev–Trinajstić information content (AvgIpc) is 3.31. The molecule has 0 bridgehead atoms. The van der Waals surface area contributed by atoms with Gasteiger partial charge >= 0.3 is 12.5 Å². The Morgan fingerprint density at radius 1 is 1.03 bits per heavy atom. The Bertz CT molecular complexity index is 1510. The first-order valence-corrected chi connectivity index (χ1v) is 11.7. The number of thiazole rings is 1. The average molecular weight is 556 g/mol. The van der Waals surface area contributed by atoms with Crippen molar-refractivity contribution in [1.29, 1.82) is 0 Å². The molecule has 0 saturated carbocycles. The molecule has 4 rings (SSSR count). The summed E-state index contributed by atoms with van der Waals surface area (Å²) in [6.45, 7) is -0.636. The number of methoxy groups -OCH3 is 1. The minimum Gasteiger partial charge on any atom is -0.493 e. The fraction of sp³-hybridized carbons (Fsp3) is 0.200. The van der Waals surface area contributed by atoms with Crippen LogP contribution in [0.2, 0.25) is 0 Å². The summed E-state index contributed by atoms with van der Waals surface area (Å²) in [5.74, 6) is -0.184. The number of hydrogen-bond acceptors (Lipinski definition) is 6. The van der Waals surface area contributed by atoms with Gasteiger partial charge in [0.15, 0.2) is 16.5 Å². The lowest BCUT2D eigenvalue weighted by Gasteiger charge is -2.14. The first-order chi connectivity index (χ1) is 17.9. The van der Waals surface area contributed by atoms with E-state index in [0.29, 0.717) is 10.5 Å². The minimum absolute atomic E-state index is 0.0691. The molecule has 6 nitrogen and oxygen atoms in total. The smallest absolute Gasteiger partial charge is 0.493 e. The van der Waals surface area contributed by atoms with Crippen LogP contribution in [0.4, 0.5) is 26.3 Å². The monoisotopic (exact) mass is 556 g/mol. The maximum atomic E-state index is 13.3. The molecule has 0 amide bonds. The van der Waals surface area contributed by atoms with E-state index in [4.69, 9.17) is 9.47 Å². The lowest BCUT2D eigenvalue weighted by atomic mass is 10.0. The zero-order chi connectivity index (χ0) is 27.5. The molecule has 0 aliphatic carbocycles. The predicted octanol–water partition coefficient (Wildman–Crippen LogP) is 6.83. The molecule has 0 spiro atoms. The van der Waals surface area contributed by atoms with Gasteiger partial charge in [-0.2, -0.15) is 13.2 Å². The topological polar surface area (TPSA) is 62.1 Å². The third-order valence-electron chi connectivity index (χ3n) is 5.15. The second-order valence-electron chi connectivity index (χ2n) is 7.73. The Kier molecular flexibility index (Phi) is 7.67. The van der Waals surface area contributed by atoms with Crippen LogP contribution in [0, 0.1) is 0 Å². The van der Waals surface area contributed by atoms with Gasteiger partial charge in [-0.3, -0.25) is 9.20 Å². The summed E-state index contributed by atoms with van der Waals surface area (Å²) in [7, 11) is 1.34. The Morgan fingerprint density at radius 3 is 2.42 bits per heavy atom. The molecule has 4 aromatic rings. The number of para-hydroxylation sites is 1. The van der Waals surface area contributed by atoms with Crippen LogP contribution in [-0.4, -0.2) is 35.6 Å². The Morgan fingerprint density at radius 2 is 1.76 bits per heavy atom. The molecule has 13 heteroatoms. The molecular weight excluding hydrogens is 538 g/mol. The molecule has 200 valence electrons. The zero-order valence-electron chi connectivity index (χ0n) is 19.5. The molecule has 0 unspecified atom stereocenters. The van der Waals surface area contributed by atoms with E-state index in [9.17, 15) is 31.1 Å². The fourth-order valence-corrected chi connectivity index (χ4v) is 4.24. The quantitative estimate of drug-likeness (QED) is 0.223. The summed E-state index contributed by atoms with van der Waals surface area (Å²) < 4.78 is 91.4. The van der Waals surface area contributed by atoms with Gasteiger partial charge in [-0.05, 0) is 35.9 Å². The highest BCUT2D eigenvalue weighted by molar-refractivity contribution is 7.15. The van der Waals surface area contributed by atoms with Crippen LogP contribution >= 0.6 is 11.3 Å². The summed E-state index contributed by atoms with van der Waals surface area (Å²) in [4.78, 5) is 18.1. The van der Waals surface area contributed by atoms with E-state index in [1.165, 1.54) is 59.4 Å². The van der Waals surface area contributed by atoms with Crippen LogP contribution in [0.15, 0.2) is 58.8 Å². The van der Waals surface area contributed by atoms with Crippen molar-refractivity contribution in [3.8, 4) is 28.4 Å². The van der Waals surface area contributed by atoms with E-state index >= 15 is 0 Å². The Balaban J connectivity index is 1.75. The molecular formula is C25H18F6N2O4S. The lowest BCUT2D eigenvalue weighted by Crippen LogP contribution is -2.18. The normalized spacial score (nSPS) is 12.3. The van der Waals surface area contributed by atoms with Gasteiger partial charge in [-0.15, -0.1) is 24.5 Å². The molecule has 0 atom stereocenters. The van der Waals surface area contributed by atoms with Crippen LogP contribution in [0.1, 0.15) is 17.7 Å². The molecule has 2 aromatic carbocycles. The number of hydrogen-bond donors (Lipinski definition) is 0. The van der Waals surface area contributed by atoms with Gasteiger partial charge in [0, 0.05) is 17.1 Å². The molecule has 38 heavy (non-hydrogen) atoms. The molecule has 0 saturated heterocycles. The molecule has 0 fully saturated rings. The van der Waals surface area contributed by atoms with Crippen molar-refractivity contribution < 1.29 is 40.6 Å². The van der Waals surface area contributed by atoms with Crippen LogP contribution in [-0.2, 0) is 0 Å². The Labute approximate surface area is 215 Å². The van der Waals surface area contributed by atoms with E-state index in [0.717, 1.165) is 12.1 Å². The summed E-state index contributed by atoms with van der Waals surface area (Å²) in [6, 6.07) is 9.47. The highest BCUT2D eigenvalue weighted by atomic mass is 32.1. The van der Waals surface area contributed by atoms with Gasteiger partial charge in [0.1, 0.15) is 5.75 Å². The molecule has 0 aliphatic rings. The van der Waals surface area contributed by atoms with E-state index in [1.807, 2.05) is 0 Å². The minimum atomic E-state index is -4.87. The number of ether oxygens (including phenoxy) is 3. The van der Waals surface area contributed by atoms with Crippen molar-refractivity contribution in [2.24, 2.45) is 0 Å². The molecule has 0 aliphatic heterocycles. The van der Waals surface area contributed by atoms with Crippen LogP contribution in [0.25, 0.3) is 28.2 Å². The van der Waals surface area contributed by atoms with Gasteiger partial charge in [0.25, 0.3) is 5.56 Å². The highest BCUT2D eigenvalue weighted by Crippen LogP contribution is 2.34. The predicted molar refractivity (Wildman–Crippen MR) is 130 cm³/mol. The zero-order valence-corrected chi connectivity index (χ0v) is 20.3. The van der Waals surface area contributed by atoms with Gasteiger partial charge in [0.2, 0.25) is 0 Å². The number of fused-ring (bicyclic) bond motifs is 1. The number of benzene rings is 2. The van der Waals surface area contributed by atoms with Gasteiger partial charge in [-0.25, -0.2) is 4.98 Å². The maximum absolute atomic E-state index is 13.3. The van der Waals surface area contributed by atoms with E-state index in [-0.39, 0.29) is 28.3 Å². The first-order valence-electron chi connectivity index (χ1n) is 10.9. The van der Waals surface area contributed by atoms with Crippen molar-refractivity contribution in [1.82, 2.24) is 9.38 Å². The standard InChI is InChI=1S/C25H18F6N2O4S/c1-35-19-4-2-3-16(21(19)36-13-11-24(26,27)28)7-10-18-20(22(34)33-12-14-38-23(33)32-18)15-5-8-17(9-6-15)37-25(29,30)31/h2-10,12,14H,11,13H2,1H3. The lowest BCUT2D eigenvalue weighted by molar-refractivity contribution is -0.274. The van der Waals surface area contributed by atoms with Crippen molar-refractivity contribution in [3.05, 3.63) is 75.7 Å². The van der Waals surface area contributed by atoms with Gasteiger partial charge < -0.3 is 14.2 Å². The molecule has 2 heterocycles. The summed E-state index contributed by atoms with van der Waals surface area (Å²) in [6.07, 6.45) is -5.95. The highest BCUT2D eigenvalue weighted by Gasteiger charge is 2.31. The van der Waals surface area contributed by atoms with E-state index < -0.39 is 36.9 Å². The third kappa shape index (κ3) is 6.46.